The Hall–Kier alpha value is -2.77. The molecular formula is C21H18Cl2F2N4O. The maximum Gasteiger partial charge on any atom is 0.306 e. The van der Waals surface area contributed by atoms with Gasteiger partial charge in [-0.05, 0) is 41.5 Å². The summed E-state index contributed by atoms with van der Waals surface area (Å²) >= 11 is 12.0. The number of rotatable bonds is 8. The van der Waals surface area contributed by atoms with Gasteiger partial charge >= 0.3 is 5.92 Å². The number of aromatic nitrogens is 2. The lowest BCUT2D eigenvalue weighted by molar-refractivity contribution is -0.120. The monoisotopic (exact) mass is 450 g/mol. The molecule has 3 aromatic rings. The molecule has 2 heterocycles. The van der Waals surface area contributed by atoms with Crippen LogP contribution in [-0.2, 0) is 23.7 Å². The summed E-state index contributed by atoms with van der Waals surface area (Å²) in [6.45, 7) is -0.386. The molecule has 0 saturated carbocycles. The van der Waals surface area contributed by atoms with Gasteiger partial charge in [0.05, 0.1) is 18.0 Å². The molecule has 0 bridgehead atoms. The highest BCUT2D eigenvalue weighted by molar-refractivity contribution is 6.31. The number of hydrogen-bond acceptors (Lipinski definition) is 4. The van der Waals surface area contributed by atoms with Crippen molar-refractivity contribution in [3.05, 3.63) is 87.8 Å². The third kappa shape index (κ3) is 6.11. The van der Waals surface area contributed by atoms with Gasteiger partial charge in [0.2, 0.25) is 5.91 Å². The number of carbonyl (C=O) groups excluding carboxylic acids is 1. The molecule has 1 aromatic carbocycles. The fraction of sp³-hybridized carbons (Fsp3) is 0.190. The lowest BCUT2D eigenvalue weighted by Gasteiger charge is -2.17. The summed E-state index contributed by atoms with van der Waals surface area (Å²) < 4.78 is 28.5. The molecule has 0 atom stereocenters. The van der Waals surface area contributed by atoms with E-state index in [0.29, 0.717) is 17.1 Å². The lowest BCUT2D eigenvalue weighted by Crippen LogP contribution is -2.26. The van der Waals surface area contributed by atoms with E-state index in [1.54, 1.807) is 24.3 Å². The molecule has 0 saturated heterocycles. The van der Waals surface area contributed by atoms with E-state index in [0.717, 1.165) is 5.56 Å². The number of benzene rings is 1. The highest BCUT2D eigenvalue weighted by Gasteiger charge is 2.32. The predicted molar refractivity (Wildman–Crippen MR) is 113 cm³/mol. The van der Waals surface area contributed by atoms with Crippen LogP contribution in [0.4, 0.5) is 14.6 Å². The molecule has 9 heteroatoms. The Labute approximate surface area is 182 Å². The molecule has 2 aromatic heterocycles. The van der Waals surface area contributed by atoms with Crippen LogP contribution in [0, 0.1) is 0 Å². The molecule has 0 aliphatic heterocycles. The van der Waals surface area contributed by atoms with Crippen LogP contribution in [0.5, 0.6) is 0 Å². The van der Waals surface area contributed by atoms with E-state index in [2.05, 4.69) is 20.6 Å². The highest BCUT2D eigenvalue weighted by Crippen LogP contribution is 2.27. The Morgan fingerprint density at radius 2 is 1.90 bits per heavy atom. The summed E-state index contributed by atoms with van der Waals surface area (Å²) in [7, 11) is 0. The van der Waals surface area contributed by atoms with Gasteiger partial charge in [-0.3, -0.25) is 9.78 Å². The van der Waals surface area contributed by atoms with Crippen molar-refractivity contribution < 1.29 is 13.6 Å². The van der Waals surface area contributed by atoms with Gasteiger partial charge in [0.1, 0.15) is 11.5 Å². The van der Waals surface area contributed by atoms with Crippen LogP contribution < -0.4 is 10.6 Å². The molecule has 0 spiro atoms. The van der Waals surface area contributed by atoms with E-state index < -0.39 is 12.5 Å². The Morgan fingerprint density at radius 1 is 1.07 bits per heavy atom. The van der Waals surface area contributed by atoms with Crippen LogP contribution in [0.15, 0.2) is 60.9 Å². The predicted octanol–water partition coefficient (Wildman–Crippen LogP) is 4.85. The SMILES string of the molecule is O=C(Cc1cc(NCC(F)(F)c2ccccn2)ncc1Cl)NCc1cccc(Cl)c1. The Kier molecular flexibility index (Phi) is 7.18. The number of alkyl halides is 2. The van der Waals surface area contributed by atoms with Gasteiger partial charge in [-0.2, -0.15) is 8.78 Å². The highest BCUT2D eigenvalue weighted by atomic mass is 35.5. The average Bonchev–Trinajstić information content (AvgIpc) is 2.73. The smallest absolute Gasteiger partial charge is 0.306 e. The maximum atomic E-state index is 14.3. The second kappa shape index (κ2) is 9.82. The number of nitrogens with one attached hydrogen (secondary N) is 2. The van der Waals surface area contributed by atoms with Crippen molar-refractivity contribution in [2.45, 2.75) is 18.9 Å². The molecule has 0 aliphatic rings. The molecule has 0 unspecified atom stereocenters. The van der Waals surface area contributed by atoms with Crippen LogP contribution in [0.3, 0.4) is 0 Å². The molecule has 30 heavy (non-hydrogen) atoms. The molecule has 5 nitrogen and oxygen atoms in total. The minimum absolute atomic E-state index is 0.0206. The van der Waals surface area contributed by atoms with Crippen LogP contribution >= 0.6 is 23.2 Å². The van der Waals surface area contributed by atoms with Crippen LogP contribution in [0.25, 0.3) is 0 Å². The van der Waals surface area contributed by atoms with E-state index in [4.69, 9.17) is 23.2 Å². The first-order chi connectivity index (χ1) is 14.3. The van der Waals surface area contributed by atoms with Crippen molar-refractivity contribution in [3.8, 4) is 0 Å². The van der Waals surface area contributed by atoms with Crippen LogP contribution in [-0.4, -0.2) is 22.4 Å². The first-order valence-corrected chi connectivity index (χ1v) is 9.78. The quantitative estimate of drug-likeness (QED) is 0.514. The first-order valence-electron chi connectivity index (χ1n) is 9.02. The van der Waals surface area contributed by atoms with Crippen molar-refractivity contribution in [1.29, 1.82) is 0 Å². The summed E-state index contributed by atoms with van der Waals surface area (Å²) in [6, 6.07) is 12.9. The molecule has 0 aliphatic carbocycles. The van der Waals surface area contributed by atoms with Gasteiger partial charge in [-0.1, -0.05) is 41.4 Å². The standard InChI is InChI=1S/C21H18Cl2F2N4O/c22-16-5-3-4-14(8-16)11-28-20(30)10-15-9-19(27-12-17(15)23)29-13-21(24,25)18-6-1-2-7-26-18/h1-9,12H,10-11,13H2,(H,27,29)(H,28,30). The summed E-state index contributed by atoms with van der Waals surface area (Å²) in [4.78, 5) is 20.0. The van der Waals surface area contributed by atoms with Gasteiger partial charge in [-0.15, -0.1) is 0 Å². The number of pyridine rings is 2. The van der Waals surface area contributed by atoms with E-state index in [1.165, 1.54) is 30.6 Å². The average molecular weight is 451 g/mol. The summed E-state index contributed by atoms with van der Waals surface area (Å²) in [6.07, 6.45) is 2.61. The Morgan fingerprint density at radius 3 is 2.63 bits per heavy atom. The zero-order valence-electron chi connectivity index (χ0n) is 15.7. The lowest BCUT2D eigenvalue weighted by atomic mass is 10.1. The molecule has 3 rings (SSSR count). The number of hydrogen-bond donors (Lipinski definition) is 2. The number of amides is 1. The van der Waals surface area contributed by atoms with E-state index >= 15 is 0 Å². The first kappa shape index (κ1) is 21.9. The van der Waals surface area contributed by atoms with E-state index in [9.17, 15) is 13.6 Å². The van der Waals surface area contributed by atoms with Crippen molar-refractivity contribution in [2.75, 3.05) is 11.9 Å². The molecule has 1 amide bonds. The van der Waals surface area contributed by atoms with Gasteiger partial charge in [-0.25, -0.2) is 4.98 Å². The summed E-state index contributed by atoms with van der Waals surface area (Å²) in [5.74, 6) is -3.27. The zero-order valence-corrected chi connectivity index (χ0v) is 17.2. The third-order valence-electron chi connectivity index (χ3n) is 4.20. The second-order valence-corrected chi connectivity index (χ2v) is 7.36. The topological polar surface area (TPSA) is 66.9 Å². The van der Waals surface area contributed by atoms with Gasteiger partial charge in [0.15, 0.2) is 0 Å². The summed E-state index contributed by atoms with van der Waals surface area (Å²) in [5.41, 5.74) is 0.988. The minimum atomic E-state index is -3.18. The molecule has 0 fully saturated rings. The number of nitrogens with zero attached hydrogens (tertiary/aromatic N) is 2. The largest absolute Gasteiger partial charge is 0.364 e. The van der Waals surface area contributed by atoms with Gasteiger partial charge < -0.3 is 10.6 Å². The zero-order chi connectivity index (χ0) is 21.6. The molecule has 2 N–H and O–H groups in total. The van der Waals surface area contributed by atoms with Gasteiger partial charge in [0, 0.05) is 24.0 Å². The van der Waals surface area contributed by atoms with Crippen LogP contribution in [0.2, 0.25) is 10.0 Å². The number of halogens is 4. The van der Waals surface area contributed by atoms with Crippen molar-refractivity contribution in [1.82, 2.24) is 15.3 Å². The second-order valence-electron chi connectivity index (χ2n) is 6.52. The van der Waals surface area contributed by atoms with E-state index in [-0.39, 0.29) is 28.9 Å². The van der Waals surface area contributed by atoms with Crippen LogP contribution in [0.1, 0.15) is 16.8 Å². The summed E-state index contributed by atoms with van der Waals surface area (Å²) in [5, 5.41) is 6.21. The number of carbonyl (C=O) groups is 1. The normalized spacial score (nSPS) is 11.2. The fourth-order valence-electron chi connectivity index (χ4n) is 2.67. The minimum Gasteiger partial charge on any atom is -0.364 e. The Bertz CT molecular complexity index is 1020. The van der Waals surface area contributed by atoms with Crippen molar-refractivity contribution in [3.63, 3.8) is 0 Å². The van der Waals surface area contributed by atoms with Gasteiger partial charge in [0.25, 0.3) is 0 Å². The maximum absolute atomic E-state index is 14.3. The third-order valence-corrected chi connectivity index (χ3v) is 4.77. The number of anilines is 1. The molecule has 0 radical (unpaired) electrons. The van der Waals surface area contributed by atoms with Crippen molar-refractivity contribution >= 4 is 34.9 Å². The fourth-order valence-corrected chi connectivity index (χ4v) is 3.05. The van der Waals surface area contributed by atoms with E-state index in [1.807, 2.05) is 6.07 Å². The molecule has 156 valence electrons. The molecular weight excluding hydrogens is 433 g/mol. The van der Waals surface area contributed by atoms with Crippen molar-refractivity contribution in [2.24, 2.45) is 0 Å². The Balaban J connectivity index is 1.60.